The van der Waals surface area contributed by atoms with E-state index in [-0.39, 0.29) is 5.69 Å². The molecule has 0 aliphatic heterocycles. The Hall–Kier alpha value is -2.51. The molecule has 0 aliphatic rings. The number of carbonyl (C=O) groups is 2. The van der Waals surface area contributed by atoms with Gasteiger partial charge >= 0.3 is 12.1 Å². The van der Waals surface area contributed by atoms with E-state index in [1.54, 1.807) is 0 Å². The summed E-state index contributed by atoms with van der Waals surface area (Å²) in [5.41, 5.74) is -1.81. The van der Waals surface area contributed by atoms with Crippen LogP contribution in [0.2, 0.25) is 0 Å². The second kappa shape index (κ2) is 5.64. The average molecular weight is 289 g/mol. The summed E-state index contributed by atoms with van der Waals surface area (Å²) in [6, 6.07) is 3.44. The van der Waals surface area contributed by atoms with Crippen LogP contribution in [0.1, 0.15) is 12.5 Å². The van der Waals surface area contributed by atoms with Gasteiger partial charge in [-0.05, 0) is 31.2 Å². The quantitative estimate of drug-likeness (QED) is 0.345. The number of carbonyl (C=O) groups excluding carboxylic acids is 1. The summed E-state index contributed by atoms with van der Waals surface area (Å²) in [6.45, 7) is 1.01. The van der Waals surface area contributed by atoms with E-state index in [4.69, 9.17) is 10.2 Å². The summed E-state index contributed by atoms with van der Waals surface area (Å²) in [5, 5.41) is 19.9. The van der Waals surface area contributed by atoms with Crippen molar-refractivity contribution in [2.75, 3.05) is 5.32 Å². The maximum Gasteiger partial charge on any atom is 0.416 e. The molecule has 1 rings (SSSR count). The Morgan fingerprint density at radius 1 is 1.10 bits per heavy atom. The number of rotatable bonds is 3. The number of halogens is 3. The molecular weight excluding hydrogens is 279 g/mol. The zero-order valence-corrected chi connectivity index (χ0v) is 10.2. The number of allylic oxidation sites excluding steroid dienone is 1. The van der Waals surface area contributed by atoms with Crippen molar-refractivity contribution < 1.29 is 33.0 Å². The highest BCUT2D eigenvalue weighted by atomic mass is 19.4. The minimum Gasteiger partial charge on any atom is -0.511 e. The summed E-state index contributed by atoms with van der Waals surface area (Å²) in [4.78, 5) is 22.3. The summed E-state index contributed by atoms with van der Waals surface area (Å²) in [5.74, 6) is -3.48. The molecule has 0 heterocycles. The van der Waals surface area contributed by atoms with Gasteiger partial charge in [-0.15, -0.1) is 0 Å². The third-order valence-electron chi connectivity index (χ3n) is 2.27. The van der Waals surface area contributed by atoms with E-state index in [0.717, 1.165) is 31.2 Å². The second-order valence-corrected chi connectivity index (χ2v) is 3.79. The third kappa shape index (κ3) is 3.74. The fraction of sp³-hybridized carbons (Fsp3) is 0.167. The molecule has 1 aromatic carbocycles. The fourth-order valence-corrected chi connectivity index (χ4v) is 1.35. The van der Waals surface area contributed by atoms with Gasteiger partial charge < -0.3 is 15.5 Å². The SMILES string of the molecule is C/C(O)=C(\C(=O)O)C(=O)Nc1ccc(C(F)(F)F)cc1. The molecule has 0 fully saturated rings. The molecular formula is C12H10F3NO4. The van der Waals surface area contributed by atoms with Crippen LogP contribution >= 0.6 is 0 Å². The molecule has 0 spiro atoms. The molecule has 0 aromatic heterocycles. The number of carboxylic acid groups (broad SMARTS) is 1. The van der Waals surface area contributed by atoms with Crippen molar-refractivity contribution in [1.82, 2.24) is 0 Å². The highest BCUT2D eigenvalue weighted by Crippen LogP contribution is 2.29. The Labute approximate surface area is 111 Å². The number of alkyl halides is 3. The molecule has 0 saturated heterocycles. The summed E-state index contributed by atoms with van der Waals surface area (Å²) in [6.07, 6.45) is -4.50. The first kappa shape index (κ1) is 15.5. The number of hydrogen-bond acceptors (Lipinski definition) is 3. The van der Waals surface area contributed by atoms with Crippen LogP contribution in [0.15, 0.2) is 35.6 Å². The van der Waals surface area contributed by atoms with Crippen molar-refractivity contribution in [3.05, 3.63) is 41.2 Å². The molecule has 0 bridgehead atoms. The molecule has 0 atom stereocenters. The minimum absolute atomic E-state index is 0.0250. The van der Waals surface area contributed by atoms with Gasteiger partial charge in [0.2, 0.25) is 0 Å². The number of carboxylic acids is 1. The monoisotopic (exact) mass is 289 g/mol. The van der Waals surface area contributed by atoms with Crippen LogP contribution < -0.4 is 5.32 Å². The maximum absolute atomic E-state index is 12.3. The first-order valence-corrected chi connectivity index (χ1v) is 5.24. The van der Waals surface area contributed by atoms with Gasteiger partial charge in [0.05, 0.1) is 5.56 Å². The van der Waals surface area contributed by atoms with Gasteiger partial charge in [0.25, 0.3) is 5.91 Å². The summed E-state index contributed by atoms with van der Waals surface area (Å²) >= 11 is 0. The molecule has 1 amide bonds. The van der Waals surface area contributed by atoms with Crippen molar-refractivity contribution in [2.24, 2.45) is 0 Å². The second-order valence-electron chi connectivity index (χ2n) is 3.79. The van der Waals surface area contributed by atoms with Gasteiger partial charge in [0.1, 0.15) is 5.76 Å². The Kier molecular flexibility index (Phi) is 4.38. The lowest BCUT2D eigenvalue weighted by molar-refractivity contribution is -0.137. The predicted molar refractivity (Wildman–Crippen MR) is 63.0 cm³/mol. The van der Waals surface area contributed by atoms with Gasteiger partial charge in [0.15, 0.2) is 5.57 Å². The van der Waals surface area contributed by atoms with E-state index in [0.29, 0.717) is 0 Å². The zero-order valence-electron chi connectivity index (χ0n) is 10.2. The normalized spacial score (nSPS) is 12.6. The molecule has 0 aliphatic carbocycles. The summed E-state index contributed by atoms with van der Waals surface area (Å²) in [7, 11) is 0. The van der Waals surface area contributed by atoms with Crippen molar-refractivity contribution in [3.63, 3.8) is 0 Å². The Bertz CT molecular complexity index is 557. The molecule has 3 N–H and O–H groups in total. The van der Waals surface area contributed by atoms with Crippen molar-refractivity contribution in [2.45, 2.75) is 13.1 Å². The number of aliphatic hydroxyl groups excluding tert-OH is 1. The van der Waals surface area contributed by atoms with Gasteiger partial charge in [-0.25, -0.2) is 4.79 Å². The highest BCUT2D eigenvalue weighted by Gasteiger charge is 2.30. The van der Waals surface area contributed by atoms with Crippen LogP contribution in [-0.2, 0) is 15.8 Å². The maximum atomic E-state index is 12.3. The smallest absolute Gasteiger partial charge is 0.416 e. The zero-order chi connectivity index (χ0) is 15.5. The highest BCUT2D eigenvalue weighted by molar-refractivity contribution is 6.20. The van der Waals surface area contributed by atoms with Crippen LogP contribution in [0.4, 0.5) is 18.9 Å². The number of benzene rings is 1. The van der Waals surface area contributed by atoms with Gasteiger partial charge in [-0.2, -0.15) is 13.2 Å². The minimum atomic E-state index is -4.50. The van der Waals surface area contributed by atoms with Crippen LogP contribution in [-0.4, -0.2) is 22.1 Å². The van der Waals surface area contributed by atoms with Crippen LogP contribution in [0, 0.1) is 0 Å². The Morgan fingerprint density at radius 3 is 1.95 bits per heavy atom. The topological polar surface area (TPSA) is 86.6 Å². The van der Waals surface area contributed by atoms with Gasteiger partial charge in [-0.3, -0.25) is 4.79 Å². The van der Waals surface area contributed by atoms with Crippen molar-refractivity contribution in [1.29, 1.82) is 0 Å². The molecule has 1 aromatic rings. The molecule has 20 heavy (non-hydrogen) atoms. The number of anilines is 1. The molecule has 0 radical (unpaired) electrons. The molecule has 108 valence electrons. The molecule has 5 nitrogen and oxygen atoms in total. The standard InChI is InChI=1S/C12H10F3NO4/c1-6(17)9(11(19)20)10(18)16-8-4-2-7(3-5-8)12(13,14)15/h2-5,17H,1H3,(H,16,18)(H,19,20)/b9-6+. The van der Waals surface area contributed by atoms with E-state index in [1.165, 1.54) is 0 Å². The number of hydrogen-bond donors (Lipinski definition) is 3. The lowest BCUT2D eigenvalue weighted by Crippen LogP contribution is -2.21. The predicted octanol–water partition coefficient (Wildman–Crippen LogP) is 2.56. The number of aliphatic carboxylic acids is 1. The van der Waals surface area contributed by atoms with E-state index >= 15 is 0 Å². The number of aliphatic hydroxyl groups is 1. The largest absolute Gasteiger partial charge is 0.511 e. The fourth-order valence-electron chi connectivity index (χ4n) is 1.35. The summed E-state index contributed by atoms with van der Waals surface area (Å²) < 4.78 is 36.9. The van der Waals surface area contributed by atoms with Crippen LogP contribution in [0.3, 0.4) is 0 Å². The number of nitrogens with one attached hydrogen (secondary N) is 1. The van der Waals surface area contributed by atoms with Gasteiger partial charge in [-0.1, -0.05) is 0 Å². The van der Waals surface area contributed by atoms with E-state index in [2.05, 4.69) is 5.32 Å². The lowest BCUT2D eigenvalue weighted by Gasteiger charge is -2.09. The average Bonchev–Trinajstić information content (AvgIpc) is 2.26. The molecule has 0 unspecified atom stereocenters. The van der Waals surface area contributed by atoms with E-state index in [9.17, 15) is 22.8 Å². The first-order chi connectivity index (χ1) is 9.12. The van der Waals surface area contributed by atoms with Crippen molar-refractivity contribution >= 4 is 17.6 Å². The Morgan fingerprint density at radius 2 is 1.60 bits per heavy atom. The van der Waals surface area contributed by atoms with Crippen molar-refractivity contribution in [3.8, 4) is 0 Å². The molecule has 8 heteroatoms. The Balaban J connectivity index is 2.92. The lowest BCUT2D eigenvalue weighted by atomic mass is 10.2. The van der Waals surface area contributed by atoms with Crippen LogP contribution in [0.25, 0.3) is 0 Å². The van der Waals surface area contributed by atoms with Gasteiger partial charge in [0, 0.05) is 5.69 Å². The first-order valence-electron chi connectivity index (χ1n) is 5.24. The van der Waals surface area contributed by atoms with Crippen LogP contribution in [0.5, 0.6) is 0 Å². The number of amides is 1. The van der Waals surface area contributed by atoms with E-state index in [1.807, 2.05) is 0 Å². The third-order valence-corrected chi connectivity index (χ3v) is 2.27. The molecule has 0 saturated carbocycles. The van der Waals surface area contributed by atoms with E-state index < -0.39 is 34.9 Å².